The van der Waals surface area contributed by atoms with Gasteiger partial charge in [0.25, 0.3) is 0 Å². The summed E-state index contributed by atoms with van der Waals surface area (Å²) in [5.74, 6) is -2.65. The van der Waals surface area contributed by atoms with Crippen LogP contribution in [0.1, 0.15) is 26.7 Å². The van der Waals surface area contributed by atoms with E-state index in [9.17, 15) is 54.6 Å². The number of rotatable bonds is 25. The lowest BCUT2D eigenvalue weighted by atomic mass is 9.82. The third kappa shape index (κ3) is 17.3. The number of hydrogen-bond acceptors (Lipinski definition) is 18. The Balaban J connectivity index is 1.77. The first kappa shape index (κ1) is 49.2. The molecule has 0 aromatic rings. The average molecular weight is 811 g/mol. The first-order chi connectivity index (χ1) is 26.6. The molecule has 0 unspecified atom stereocenters. The van der Waals surface area contributed by atoms with Crippen molar-refractivity contribution >= 4 is 29.5 Å². The smallest absolute Gasteiger partial charge is 0.242 e. The van der Waals surface area contributed by atoms with Crippen LogP contribution in [0, 0.1) is 5.92 Å². The highest BCUT2D eigenvalue weighted by molar-refractivity contribution is 5.95. The lowest BCUT2D eigenvalue weighted by molar-refractivity contribution is -0.292. The number of carbonyl (C=O) groups is 5. The number of amides is 5. The lowest BCUT2D eigenvalue weighted by Crippen LogP contribution is -2.57. The minimum atomic E-state index is -1.51. The highest BCUT2D eigenvalue weighted by atomic mass is 16.7. The van der Waals surface area contributed by atoms with E-state index in [-0.39, 0.29) is 110 Å². The number of nitrogens with one attached hydrogen (secondary N) is 4. The van der Waals surface area contributed by atoms with Crippen molar-refractivity contribution in [2.45, 2.75) is 81.8 Å². The van der Waals surface area contributed by atoms with E-state index in [1.807, 2.05) is 0 Å². The fraction of sp³-hybridized carbons (Fsp3) is 0.853. The van der Waals surface area contributed by atoms with Gasteiger partial charge < -0.3 is 75.6 Å². The Kier molecular flexibility index (Phi) is 22.9. The maximum atomic E-state index is 12.8. The van der Waals surface area contributed by atoms with Crippen LogP contribution in [0.4, 0.5) is 0 Å². The predicted octanol–water partition coefficient (Wildman–Crippen LogP) is -6.38. The summed E-state index contributed by atoms with van der Waals surface area (Å²) in [5.41, 5.74) is 0. The van der Waals surface area contributed by atoms with Crippen molar-refractivity contribution in [3.63, 3.8) is 0 Å². The van der Waals surface area contributed by atoms with Crippen LogP contribution in [-0.2, 0) is 47.7 Å². The van der Waals surface area contributed by atoms with Gasteiger partial charge in [-0.15, -0.1) is 0 Å². The molecule has 56 heavy (non-hydrogen) atoms. The van der Waals surface area contributed by atoms with Crippen molar-refractivity contribution in [2.24, 2.45) is 5.92 Å². The summed E-state index contributed by atoms with van der Waals surface area (Å²) < 4.78 is 27.2. The second kappa shape index (κ2) is 26.1. The molecule has 1 heterocycles. The molecule has 1 saturated heterocycles. The normalized spacial score (nSPS) is 27.8. The Morgan fingerprint density at radius 1 is 0.643 bits per heavy atom. The van der Waals surface area contributed by atoms with E-state index in [4.69, 9.17) is 23.7 Å². The minimum absolute atomic E-state index is 0.0167. The van der Waals surface area contributed by atoms with Crippen LogP contribution >= 0.6 is 0 Å². The summed E-state index contributed by atoms with van der Waals surface area (Å²) in [6.07, 6.45) is -10.5. The van der Waals surface area contributed by atoms with Crippen molar-refractivity contribution in [3.8, 4) is 0 Å². The van der Waals surface area contributed by atoms with Crippen molar-refractivity contribution in [3.05, 3.63) is 0 Å². The molecular weight excluding hydrogens is 748 g/mol. The van der Waals surface area contributed by atoms with Crippen LogP contribution in [0.15, 0.2) is 0 Å². The van der Waals surface area contributed by atoms with E-state index < -0.39 is 72.8 Å². The largest absolute Gasteiger partial charge is 0.390 e. The molecule has 0 bridgehead atoms. The Morgan fingerprint density at radius 3 is 1.73 bits per heavy atom. The van der Waals surface area contributed by atoms with Crippen LogP contribution in [0.3, 0.4) is 0 Å². The van der Waals surface area contributed by atoms with Gasteiger partial charge in [-0.2, -0.15) is 0 Å². The van der Waals surface area contributed by atoms with Gasteiger partial charge in [0.15, 0.2) is 6.29 Å². The molecule has 5 amide bonds. The molecule has 0 aromatic heterocycles. The standard InChI is InChI=1S/C34H62N6O16/c1-20-15-22(30(48)31(49)28(20)46)54-11-7-37-24(42)18-40(19-25(43)38-8-12-55-34-33(51)32(50)29(47)21(2)56-34)17-23(41)36-6-10-53-14-13-52-9-5-26(44)39(4)27(45)16-35-3/h20-22,28-35,46-51H,5-19H2,1-4H3,(H,36,41)(H,37,42)(H,38,43)/t20-,21+,22-,28-,29-,30-,31-,32-,33+,34-/m1/s1. The zero-order chi connectivity index (χ0) is 41.8. The third-order valence-electron chi connectivity index (χ3n) is 9.12. The average Bonchev–Trinajstić information content (AvgIpc) is 3.15. The van der Waals surface area contributed by atoms with Crippen molar-refractivity contribution in [1.82, 2.24) is 31.1 Å². The van der Waals surface area contributed by atoms with Gasteiger partial charge >= 0.3 is 0 Å². The molecule has 1 aliphatic carbocycles. The first-order valence-corrected chi connectivity index (χ1v) is 18.7. The predicted molar refractivity (Wildman–Crippen MR) is 193 cm³/mol. The van der Waals surface area contributed by atoms with Crippen LogP contribution in [0.2, 0.25) is 0 Å². The molecule has 0 aromatic carbocycles. The number of nitrogens with zero attached hydrogens (tertiary/aromatic N) is 2. The van der Waals surface area contributed by atoms with Crippen molar-refractivity contribution in [1.29, 1.82) is 0 Å². The number of carbonyl (C=O) groups excluding carboxylic acids is 5. The summed E-state index contributed by atoms with van der Waals surface area (Å²) in [4.78, 5) is 64.4. The molecule has 22 nitrogen and oxygen atoms in total. The van der Waals surface area contributed by atoms with Gasteiger partial charge in [-0.25, -0.2) is 0 Å². The summed E-state index contributed by atoms with van der Waals surface area (Å²) in [6.45, 7) is 2.67. The summed E-state index contributed by atoms with van der Waals surface area (Å²) in [6, 6.07) is 0. The number of likely N-dealkylation sites (N-methyl/N-ethyl adjacent to an activating group) is 2. The van der Waals surface area contributed by atoms with Crippen molar-refractivity contribution in [2.75, 3.05) is 99.5 Å². The topological polar surface area (TPSA) is 307 Å². The SMILES string of the molecule is CNCC(=O)N(C)C(=O)CCOCCOCCNC(=O)CN(CC(=O)NCCO[C@@H]1O[C@@H](C)[C@@H](O)[C@@H](O)[C@@H]1O)CC(=O)NCCO[C@@H]1C[C@@H](C)[C@@H](O)[C@@H](O)[C@@H]1O. The minimum Gasteiger partial charge on any atom is -0.390 e. The van der Waals surface area contributed by atoms with Gasteiger partial charge in [-0.3, -0.25) is 33.8 Å². The summed E-state index contributed by atoms with van der Waals surface area (Å²) >= 11 is 0. The molecule has 10 atom stereocenters. The fourth-order valence-corrected chi connectivity index (χ4v) is 5.75. The number of aliphatic hydroxyl groups excluding tert-OH is 6. The van der Waals surface area contributed by atoms with Gasteiger partial charge in [0, 0.05) is 26.7 Å². The van der Waals surface area contributed by atoms with Crippen LogP contribution < -0.4 is 21.3 Å². The number of aliphatic hydroxyl groups is 6. The number of imide groups is 1. The monoisotopic (exact) mass is 810 g/mol. The second-order valence-electron chi connectivity index (χ2n) is 13.7. The van der Waals surface area contributed by atoms with Gasteiger partial charge in [-0.05, 0) is 26.3 Å². The van der Waals surface area contributed by atoms with Crippen LogP contribution in [0.25, 0.3) is 0 Å². The molecule has 324 valence electrons. The number of ether oxygens (including phenoxy) is 5. The maximum absolute atomic E-state index is 12.8. The molecule has 2 fully saturated rings. The van der Waals surface area contributed by atoms with E-state index in [1.54, 1.807) is 14.0 Å². The van der Waals surface area contributed by atoms with E-state index in [2.05, 4.69) is 21.3 Å². The van der Waals surface area contributed by atoms with Gasteiger partial charge in [0.1, 0.15) is 30.5 Å². The molecule has 1 saturated carbocycles. The molecule has 2 aliphatic rings. The molecule has 2 rings (SSSR count). The number of hydrogen-bond donors (Lipinski definition) is 10. The molecule has 10 N–H and O–H groups in total. The zero-order valence-electron chi connectivity index (χ0n) is 32.5. The van der Waals surface area contributed by atoms with E-state index in [1.165, 1.54) is 18.9 Å². The quantitative estimate of drug-likeness (QED) is 0.0384. The van der Waals surface area contributed by atoms with Gasteiger partial charge in [0.2, 0.25) is 29.5 Å². The molecule has 0 spiro atoms. The third-order valence-corrected chi connectivity index (χ3v) is 9.12. The van der Waals surface area contributed by atoms with E-state index >= 15 is 0 Å². The Labute approximate surface area is 326 Å². The van der Waals surface area contributed by atoms with Gasteiger partial charge in [-0.1, -0.05) is 6.92 Å². The van der Waals surface area contributed by atoms with E-state index in [0.29, 0.717) is 6.42 Å². The molecule has 22 heteroatoms. The molecule has 0 radical (unpaired) electrons. The highest BCUT2D eigenvalue weighted by Crippen LogP contribution is 2.27. The Bertz CT molecular complexity index is 1170. The zero-order valence-corrected chi connectivity index (χ0v) is 32.5. The first-order valence-electron chi connectivity index (χ1n) is 18.7. The van der Waals surface area contributed by atoms with E-state index in [0.717, 1.165) is 4.90 Å². The maximum Gasteiger partial charge on any atom is 0.242 e. The van der Waals surface area contributed by atoms with Crippen LogP contribution in [-0.4, -0.2) is 225 Å². The fourth-order valence-electron chi connectivity index (χ4n) is 5.75. The highest BCUT2D eigenvalue weighted by Gasteiger charge is 2.43. The lowest BCUT2D eigenvalue weighted by Gasteiger charge is -2.38. The molecule has 1 aliphatic heterocycles. The summed E-state index contributed by atoms with van der Waals surface area (Å²) in [5, 5.41) is 70.6. The second-order valence-corrected chi connectivity index (χ2v) is 13.7. The molecular formula is C34H62N6O16. The van der Waals surface area contributed by atoms with Crippen LogP contribution in [0.5, 0.6) is 0 Å². The van der Waals surface area contributed by atoms with Gasteiger partial charge in [0.05, 0.1) is 90.6 Å². The van der Waals surface area contributed by atoms with Crippen molar-refractivity contribution < 1.29 is 78.3 Å². The summed E-state index contributed by atoms with van der Waals surface area (Å²) in [7, 11) is 3.00. The Morgan fingerprint density at radius 2 is 1.16 bits per heavy atom. The Hall–Kier alpha value is -2.97.